The van der Waals surface area contributed by atoms with Crippen LogP contribution in [-0.4, -0.2) is 60.9 Å². The lowest BCUT2D eigenvalue weighted by Crippen LogP contribution is -2.38. The molecule has 9 nitrogen and oxygen atoms in total. The van der Waals surface area contributed by atoms with Crippen LogP contribution in [0.1, 0.15) is 26.3 Å². The first-order valence-corrected chi connectivity index (χ1v) is 14.4. The molecule has 1 aromatic carbocycles. The number of sulfonamides is 1. The molecule has 1 aliphatic heterocycles. The zero-order chi connectivity index (χ0) is 24.9. The fourth-order valence-electron chi connectivity index (χ4n) is 3.23. The molecule has 1 N–H and O–H groups in total. The summed E-state index contributed by atoms with van der Waals surface area (Å²) in [6.07, 6.45) is 4.33. The van der Waals surface area contributed by atoms with Crippen molar-refractivity contribution in [1.82, 2.24) is 0 Å². The predicted molar refractivity (Wildman–Crippen MR) is 127 cm³/mol. The number of benzene rings is 1. The van der Waals surface area contributed by atoms with Crippen LogP contribution in [0.15, 0.2) is 57.8 Å². The van der Waals surface area contributed by atoms with E-state index in [2.05, 4.69) is 11.6 Å². The SMILES string of the molecule is C=CC=NC1=C(C)C(C)(C)S(=O)(=O)C(c2cccc(N(C)S(C)(=O)=O)c2S(C)(=O)=O)=C1O. The molecule has 32 heavy (non-hydrogen) atoms. The quantitative estimate of drug-likeness (QED) is 0.590. The van der Waals surface area contributed by atoms with Crippen molar-refractivity contribution >= 4 is 46.5 Å². The smallest absolute Gasteiger partial charge is 0.232 e. The summed E-state index contributed by atoms with van der Waals surface area (Å²) < 4.78 is 76.1. The van der Waals surface area contributed by atoms with Crippen LogP contribution in [-0.2, 0) is 29.7 Å². The van der Waals surface area contributed by atoms with Crippen LogP contribution in [0, 0.1) is 0 Å². The van der Waals surface area contributed by atoms with Crippen molar-refractivity contribution in [3.63, 3.8) is 0 Å². The molecule has 0 aliphatic carbocycles. The first kappa shape index (κ1) is 25.8. The fraction of sp³-hybridized carbons (Fsp3) is 0.350. The van der Waals surface area contributed by atoms with Crippen molar-refractivity contribution in [3.05, 3.63) is 53.4 Å². The number of aliphatic hydroxyl groups is 1. The maximum Gasteiger partial charge on any atom is 0.232 e. The molecule has 1 aliphatic rings. The molecule has 176 valence electrons. The van der Waals surface area contributed by atoms with Gasteiger partial charge < -0.3 is 5.11 Å². The normalized spacial score (nSPS) is 18.8. The van der Waals surface area contributed by atoms with Gasteiger partial charge in [-0.3, -0.25) is 9.30 Å². The largest absolute Gasteiger partial charge is 0.504 e. The van der Waals surface area contributed by atoms with Gasteiger partial charge >= 0.3 is 0 Å². The van der Waals surface area contributed by atoms with Crippen molar-refractivity contribution in [2.75, 3.05) is 23.9 Å². The first-order chi connectivity index (χ1) is 14.4. The molecule has 0 aromatic heterocycles. The van der Waals surface area contributed by atoms with Crippen molar-refractivity contribution < 1.29 is 30.4 Å². The highest BCUT2D eigenvalue weighted by molar-refractivity contribution is 8.02. The third kappa shape index (κ3) is 4.14. The molecular weight excluding hydrogens is 476 g/mol. The van der Waals surface area contributed by atoms with Gasteiger partial charge in [0.05, 0.1) is 21.6 Å². The summed E-state index contributed by atoms with van der Waals surface area (Å²) in [6.45, 7) is 7.85. The molecule has 0 amide bonds. The van der Waals surface area contributed by atoms with Gasteiger partial charge in [-0.15, -0.1) is 0 Å². The summed E-state index contributed by atoms with van der Waals surface area (Å²) >= 11 is 0. The van der Waals surface area contributed by atoms with E-state index in [4.69, 9.17) is 0 Å². The third-order valence-electron chi connectivity index (χ3n) is 5.39. The van der Waals surface area contributed by atoms with Crippen LogP contribution >= 0.6 is 0 Å². The molecule has 1 aromatic rings. The summed E-state index contributed by atoms with van der Waals surface area (Å²) in [6, 6.07) is 3.78. The number of nitrogens with zero attached hydrogens (tertiary/aromatic N) is 2. The van der Waals surface area contributed by atoms with E-state index >= 15 is 0 Å². The zero-order valence-electron chi connectivity index (χ0n) is 18.6. The van der Waals surface area contributed by atoms with E-state index < -0.39 is 50.0 Å². The minimum atomic E-state index is -4.33. The highest BCUT2D eigenvalue weighted by atomic mass is 32.2. The van der Waals surface area contributed by atoms with E-state index in [9.17, 15) is 30.4 Å². The van der Waals surface area contributed by atoms with Crippen LogP contribution in [0.2, 0.25) is 0 Å². The Labute approximate surface area is 189 Å². The molecule has 12 heteroatoms. The molecule has 0 radical (unpaired) electrons. The summed E-state index contributed by atoms with van der Waals surface area (Å²) in [5, 5.41) is 11.0. The number of anilines is 1. The van der Waals surface area contributed by atoms with E-state index in [0.717, 1.165) is 23.9 Å². The summed E-state index contributed by atoms with van der Waals surface area (Å²) in [5.74, 6) is -0.732. The minimum Gasteiger partial charge on any atom is -0.504 e. The highest BCUT2D eigenvalue weighted by Gasteiger charge is 2.48. The third-order valence-corrected chi connectivity index (χ3v) is 10.4. The Bertz CT molecular complexity index is 1400. The highest BCUT2D eigenvalue weighted by Crippen LogP contribution is 2.47. The van der Waals surface area contributed by atoms with Crippen molar-refractivity contribution in [2.45, 2.75) is 30.4 Å². The maximum atomic E-state index is 13.6. The van der Waals surface area contributed by atoms with Gasteiger partial charge in [0, 0.05) is 25.1 Å². The van der Waals surface area contributed by atoms with E-state index in [1.807, 2.05) is 0 Å². The Hall–Kier alpha value is -2.44. The van der Waals surface area contributed by atoms with Gasteiger partial charge in [-0.05, 0) is 32.4 Å². The number of aliphatic hydroxyl groups excluding tert-OH is 1. The summed E-state index contributed by atoms with van der Waals surface area (Å²) in [4.78, 5) is 2.91. The standard InChI is InChI=1S/C20H26N2O7S3/c1-8-12-21-16-13(2)20(3,4)32(28,29)19(17(16)23)14-10-9-11-15(18(14)30(6,24)25)22(5)31(7,26)27/h8-12,23H,1H2,2-7H3. The second-order valence-electron chi connectivity index (χ2n) is 7.84. The fourth-order valence-corrected chi connectivity index (χ4v) is 6.84. The number of rotatable bonds is 6. The molecule has 0 saturated heterocycles. The minimum absolute atomic E-state index is 0.0407. The van der Waals surface area contributed by atoms with Crippen LogP contribution in [0.25, 0.3) is 4.91 Å². The Balaban J connectivity index is 3.15. The van der Waals surface area contributed by atoms with Crippen LogP contribution in [0.5, 0.6) is 0 Å². The van der Waals surface area contributed by atoms with E-state index in [-0.39, 0.29) is 22.5 Å². The topological polar surface area (TPSA) is 138 Å². The zero-order valence-corrected chi connectivity index (χ0v) is 21.1. The maximum absolute atomic E-state index is 13.6. The molecule has 0 spiro atoms. The van der Waals surface area contributed by atoms with Crippen LogP contribution < -0.4 is 4.31 Å². The predicted octanol–water partition coefficient (Wildman–Crippen LogP) is 2.45. The second kappa shape index (κ2) is 8.16. The van der Waals surface area contributed by atoms with Gasteiger partial charge in [0.2, 0.25) is 10.0 Å². The first-order valence-electron chi connectivity index (χ1n) is 9.22. The van der Waals surface area contributed by atoms with Gasteiger partial charge in [-0.2, -0.15) is 0 Å². The molecule has 0 atom stereocenters. The molecular formula is C20H26N2O7S3. The van der Waals surface area contributed by atoms with Crippen molar-refractivity contribution in [3.8, 4) is 0 Å². The lowest BCUT2D eigenvalue weighted by molar-refractivity contribution is 0.420. The molecule has 2 rings (SSSR count). The summed E-state index contributed by atoms with van der Waals surface area (Å²) in [5.41, 5.74) is -0.378. The average Bonchev–Trinajstić information content (AvgIpc) is 2.64. The van der Waals surface area contributed by atoms with Gasteiger partial charge in [0.1, 0.15) is 10.6 Å². The Morgan fingerprint density at radius 3 is 2.19 bits per heavy atom. The monoisotopic (exact) mass is 502 g/mol. The molecule has 0 bridgehead atoms. The van der Waals surface area contributed by atoms with Gasteiger partial charge in [0.15, 0.2) is 25.4 Å². The van der Waals surface area contributed by atoms with Crippen molar-refractivity contribution in [2.24, 2.45) is 4.99 Å². The lowest BCUT2D eigenvalue weighted by Gasteiger charge is -2.34. The van der Waals surface area contributed by atoms with Crippen LogP contribution in [0.3, 0.4) is 0 Å². The lowest BCUT2D eigenvalue weighted by atomic mass is 9.99. The molecule has 1 heterocycles. The number of aliphatic imine (C=N–C) groups is 1. The molecule has 0 unspecified atom stereocenters. The number of hydrogen-bond acceptors (Lipinski definition) is 8. The number of sulfone groups is 2. The number of allylic oxidation sites excluding steroid dienone is 1. The summed E-state index contributed by atoms with van der Waals surface area (Å²) in [7, 11) is -11.2. The van der Waals surface area contributed by atoms with Gasteiger partial charge in [-0.1, -0.05) is 24.8 Å². The second-order valence-corrected chi connectivity index (χ2v) is 14.2. The van der Waals surface area contributed by atoms with Crippen molar-refractivity contribution in [1.29, 1.82) is 0 Å². The van der Waals surface area contributed by atoms with E-state index in [1.54, 1.807) is 0 Å². The Morgan fingerprint density at radius 2 is 1.72 bits per heavy atom. The van der Waals surface area contributed by atoms with Crippen LogP contribution in [0.4, 0.5) is 5.69 Å². The van der Waals surface area contributed by atoms with E-state index in [0.29, 0.717) is 0 Å². The average molecular weight is 503 g/mol. The Morgan fingerprint density at radius 1 is 1.16 bits per heavy atom. The molecule has 0 saturated carbocycles. The van der Waals surface area contributed by atoms with Gasteiger partial charge in [-0.25, -0.2) is 25.3 Å². The molecule has 0 fully saturated rings. The van der Waals surface area contributed by atoms with Gasteiger partial charge in [0.25, 0.3) is 0 Å². The van der Waals surface area contributed by atoms with E-state index in [1.165, 1.54) is 51.3 Å². The number of hydrogen-bond donors (Lipinski definition) is 1. The Kier molecular flexibility index (Phi) is 6.58.